The van der Waals surface area contributed by atoms with Crippen molar-refractivity contribution in [3.05, 3.63) is 48.6 Å². The van der Waals surface area contributed by atoms with Gasteiger partial charge in [-0.05, 0) is 64.2 Å². The molecule has 0 radical (unpaired) electrons. The first kappa shape index (κ1) is 53.3. The Labute approximate surface area is 342 Å². The third kappa shape index (κ3) is 41.8. The largest absolute Gasteiger partial charge is 0.394 e. The summed E-state index contributed by atoms with van der Waals surface area (Å²) in [6.07, 6.45) is 58.3. The van der Waals surface area contributed by atoms with Gasteiger partial charge in [-0.25, -0.2) is 0 Å². The van der Waals surface area contributed by atoms with E-state index in [4.69, 9.17) is 0 Å². The predicted molar refractivity (Wildman–Crippen MR) is 241 cm³/mol. The zero-order valence-corrected chi connectivity index (χ0v) is 36.6. The predicted octanol–water partition coefficient (Wildman–Crippen LogP) is 14.1. The van der Waals surface area contributed by atoms with Gasteiger partial charge in [0.05, 0.1) is 31.3 Å². The Hall–Kier alpha value is -1.69. The minimum absolute atomic E-state index is 0.000524. The number of carbonyl (C=O) groups is 1. The summed E-state index contributed by atoms with van der Waals surface area (Å²) in [7, 11) is 0. The number of unbranched alkanes of at least 4 members (excludes halogenated alkanes) is 28. The molecule has 4 N–H and O–H groups in total. The Kier molecular flexibility index (Phi) is 43.6. The van der Waals surface area contributed by atoms with Gasteiger partial charge in [0.2, 0.25) is 5.91 Å². The molecule has 5 nitrogen and oxygen atoms in total. The fraction of sp³-hybridized carbons (Fsp3) is 0.820. The number of amides is 1. The quantitative estimate of drug-likeness (QED) is 0.0367. The lowest BCUT2D eigenvalue weighted by atomic mass is 10.0. The highest BCUT2D eigenvalue weighted by Crippen LogP contribution is 2.15. The molecular weight excluding hydrogens is 679 g/mol. The molecule has 3 atom stereocenters. The van der Waals surface area contributed by atoms with Crippen molar-refractivity contribution in [1.82, 2.24) is 5.32 Å². The topological polar surface area (TPSA) is 89.8 Å². The molecule has 0 rings (SSSR count). The van der Waals surface area contributed by atoms with Crippen LogP contribution >= 0.6 is 0 Å². The molecule has 0 aliphatic rings. The molecule has 0 spiro atoms. The van der Waals surface area contributed by atoms with Gasteiger partial charge in [0.1, 0.15) is 0 Å². The van der Waals surface area contributed by atoms with Crippen LogP contribution < -0.4 is 5.32 Å². The van der Waals surface area contributed by atoms with E-state index in [-0.39, 0.29) is 18.9 Å². The number of nitrogens with one attached hydrogen (secondary N) is 1. The molecule has 0 saturated heterocycles. The van der Waals surface area contributed by atoms with Crippen LogP contribution in [0.3, 0.4) is 0 Å². The summed E-state index contributed by atoms with van der Waals surface area (Å²) in [6.45, 7) is 4.20. The first-order valence-corrected chi connectivity index (χ1v) is 23.9. The zero-order valence-electron chi connectivity index (χ0n) is 36.6. The standard InChI is InChI=1S/C50H93NO4/c1-3-5-7-9-11-13-15-17-19-21-22-23-24-25-26-28-29-31-33-35-37-39-41-43-47(53)45-50(55)51-48(46-52)49(54)44-42-40-38-36-34-32-30-27-20-18-16-14-12-10-8-6-4-2/h22-23,25-26,34,36,42,44,47-49,52-54H,3-21,24,27-33,35,37-41,43,45-46H2,1-2H3,(H,51,55)/b23-22-,26-25-,36-34+,44-42+. The second-order valence-corrected chi connectivity index (χ2v) is 16.4. The number of hydrogen-bond acceptors (Lipinski definition) is 4. The molecule has 5 heteroatoms. The van der Waals surface area contributed by atoms with Crippen LogP contribution in [-0.2, 0) is 4.79 Å². The van der Waals surface area contributed by atoms with Crippen LogP contribution in [0.2, 0.25) is 0 Å². The third-order valence-corrected chi connectivity index (χ3v) is 10.8. The molecule has 0 aliphatic carbocycles. The van der Waals surface area contributed by atoms with Crippen LogP contribution in [0, 0.1) is 0 Å². The van der Waals surface area contributed by atoms with Gasteiger partial charge in [-0.3, -0.25) is 4.79 Å². The number of carbonyl (C=O) groups excluding carboxylic acids is 1. The summed E-state index contributed by atoms with van der Waals surface area (Å²) in [6, 6.07) is -0.765. The maximum absolute atomic E-state index is 12.5. The van der Waals surface area contributed by atoms with E-state index in [1.54, 1.807) is 6.08 Å². The maximum atomic E-state index is 12.5. The second-order valence-electron chi connectivity index (χ2n) is 16.4. The Morgan fingerprint density at radius 2 is 0.836 bits per heavy atom. The number of hydrogen-bond donors (Lipinski definition) is 4. The van der Waals surface area contributed by atoms with Gasteiger partial charge < -0.3 is 20.6 Å². The molecule has 0 aliphatic heterocycles. The van der Waals surface area contributed by atoms with E-state index in [1.165, 1.54) is 173 Å². The van der Waals surface area contributed by atoms with Crippen LogP contribution in [0.4, 0.5) is 0 Å². The average molecular weight is 772 g/mol. The molecular formula is C50H93NO4. The van der Waals surface area contributed by atoms with Gasteiger partial charge in [0.25, 0.3) is 0 Å². The van der Waals surface area contributed by atoms with E-state index in [0.717, 1.165) is 38.5 Å². The molecule has 0 aromatic rings. The van der Waals surface area contributed by atoms with Crippen molar-refractivity contribution >= 4 is 5.91 Å². The van der Waals surface area contributed by atoms with E-state index in [1.807, 2.05) is 6.08 Å². The van der Waals surface area contributed by atoms with Crippen molar-refractivity contribution in [2.75, 3.05) is 6.61 Å². The zero-order chi connectivity index (χ0) is 40.1. The Morgan fingerprint density at radius 3 is 1.27 bits per heavy atom. The van der Waals surface area contributed by atoms with Crippen LogP contribution in [-0.4, -0.2) is 46.1 Å². The molecule has 0 saturated carbocycles. The normalized spacial score (nSPS) is 13.9. The third-order valence-electron chi connectivity index (χ3n) is 10.8. The van der Waals surface area contributed by atoms with Crippen LogP contribution in [0.25, 0.3) is 0 Å². The van der Waals surface area contributed by atoms with Crippen molar-refractivity contribution in [2.24, 2.45) is 0 Å². The molecule has 3 unspecified atom stereocenters. The Bertz CT molecular complexity index is 896. The van der Waals surface area contributed by atoms with Crippen LogP contribution in [0.15, 0.2) is 48.6 Å². The number of aliphatic hydroxyl groups is 3. The first-order valence-electron chi connectivity index (χ1n) is 23.9. The summed E-state index contributed by atoms with van der Waals surface area (Å²) in [5.74, 6) is -0.330. The summed E-state index contributed by atoms with van der Waals surface area (Å²) in [5.41, 5.74) is 0. The number of allylic oxidation sites excluding steroid dienone is 7. The highest BCUT2D eigenvalue weighted by atomic mass is 16.3. The van der Waals surface area contributed by atoms with Crippen molar-refractivity contribution in [3.63, 3.8) is 0 Å². The summed E-state index contributed by atoms with van der Waals surface area (Å²) in [4.78, 5) is 12.5. The molecule has 0 heterocycles. The minimum atomic E-state index is -0.955. The van der Waals surface area contributed by atoms with E-state index >= 15 is 0 Å². The molecule has 0 fully saturated rings. The number of aliphatic hydroxyl groups excluding tert-OH is 3. The SMILES string of the molecule is CCCCCCCCCCC/C=C\C/C=C\CCCCCCCCCC(O)CC(=O)NC(CO)C(O)/C=C/CC/C=C/CCCCCCCCCCCCC. The summed E-state index contributed by atoms with van der Waals surface area (Å²) < 4.78 is 0. The first-order chi connectivity index (χ1) is 27.0. The Morgan fingerprint density at radius 1 is 0.473 bits per heavy atom. The summed E-state index contributed by atoms with van der Waals surface area (Å²) in [5, 5.41) is 33.3. The fourth-order valence-electron chi connectivity index (χ4n) is 7.15. The Balaban J connectivity index is 3.69. The van der Waals surface area contributed by atoms with Gasteiger partial charge in [-0.2, -0.15) is 0 Å². The van der Waals surface area contributed by atoms with Gasteiger partial charge in [-0.1, -0.05) is 217 Å². The molecule has 0 bridgehead atoms. The van der Waals surface area contributed by atoms with Gasteiger partial charge in [0, 0.05) is 0 Å². The van der Waals surface area contributed by atoms with E-state index < -0.39 is 18.2 Å². The maximum Gasteiger partial charge on any atom is 0.222 e. The second kappa shape index (κ2) is 45.0. The lowest BCUT2D eigenvalue weighted by Gasteiger charge is -2.21. The molecule has 0 aromatic carbocycles. The van der Waals surface area contributed by atoms with Crippen molar-refractivity contribution in [2.45, 2.75) is 257 Å². The molecule has 0 aromatic heterocycles. The van der Waals surface area contributed by atoms with E-state index in [2.05, 4.69) is 55.6 Å². The lowest BCUT2D eigenvalue weighted by Crippen LogP contribution is -2.45. The van der Waals surface area contributed by atoms with E-state index in [0.29, 0.717) is 6.42 Å². The number of rotatable bonds is 43. The minimum Gasteiger partial charge on any atom is -0.394 e. The van der Waals surface area contributed by atoms with Gasteiger partial charge in [0.15, 0.2) is 0 Å². The fourth-order valence-corrected chi connectivity index (χ4v) is 7.15. The van der Waals surface area contributed by atoms with Crippen molar-refractivity contribution in [1.29, 1.82) is 0 Å². The molecule has 1 amide bonds. The van der Waals surface area contributed by atoms with Crippen molar-refractivity contribution < 1.29 is 20.1 Å². The van der Waals surface area contributed by atoms with Gasteiger partial charge >= 0.3 is 0 Å². The monoisotopic (exact) mass is 772 g/mol. The van der Waals surface area contributed by atoms with Crippen LogP contribution in [0.1, 0.15) is 239 Å². The molecule has 55 heavy (non-hydrogen) atoms. The smallest absolute Gasteiger partial charge is 0.222 e. The average Bonchev–Trinajstić information content (AvgIpc) is 3.18. The lowest BCUT2D eigenvalue weighted by molar-refractivity contribution is -0.124. The van der Waals surface area contributed by atoms with E-state index in [9.17, 15) is 20.1 Å². The highest BCUT2D eigenvalue weighted by Gasteiger charge is 2.20. The van der Waals surface area contributed by atoms with Gasteiger partial charge in [-0.15, -0.1) is 0 Å². The van der Waals surface area contributed by atoms with Crippen molar-refractivity contribution in [3.8, 4) is 0 Å². The highest BCUT2D eigenvalue weighted by molar-refractivity contribution is 5.76. The van der Waals surface area contributed by atoms with Crippen LogP contribution in [0.5, 0.6) is 0 Å². The summed E-state index contributed by atoms with van der Waals surface area (Å²) >= 11 is 0. The molecule has 322 valence electrons.